The minimum atomic E-state index is -0.359. The molecule has 2 fully saturated rings. The van der Waals surface area contributed by atoms with E-state index >= 15 is 0 Å². The highest BCUT2D eigenvalue weighted by Crippen LogP contribution is 2.27. The van der Waals surface area contributed by atoms with Crippen molar-refractivity contribution in [3.05, 3.63) is 35.9 Å². The van der Waals surface area contributed by atoms with Crippen molar-refractivity contribution in [1.82, 2.24) is 4.90 Å². The van der Waals surface area contributed by atoms with Gasteiger partial charge in [0.1, 0.15) is 6.61 Å². The molecule has 0 N–H and O–H groups in total. The maximum absolute atomic E-state index is 12.4. The highest BCUT2D eigenvalue weighted by atomic mass is 16.6. The van der Waals surface area contributed by atoms with Gasteiger partial charge in [-0.05, 0) is 44.1 Å². The normalized spacial score (nSPS) is 22.5. The van der Waals surface area contributed by atoms with Crippen molar-refractivity contribution in [2.24, 2.45) is 5.92 Å². The van der Waals surface area contributed by atoms with E-state index in [4.69, 9.17) is 9.47 Å². The Kier molecular flexibility index (Phi) is 8.38. The molecule has 1 aromatic rings. The minimum Gasteiger partial charge on any atom is -0.461 e. The molecular formula is C24H35NO4. The molecule has 1 heterocycles. The van der Waals surface area contributed by atoms with Crippen LogP contribution in [0.4, 0.5) is 4.79 Å². The molecule has 1 saturated heterocycles. The summed E-state index contributed by atoms with van der Waals surface area (Å²) in [5.74, 6) is -0.0932. The molecule has 3 rings (SSSR count). The van der Waals surface area contributed by atoms with E-state index in [1.807, 2.05) is 11.0 Å². The van der Waals surface area contributed by atoms with E-state index in [1.54, 1.807) is 0 Å². The number of hydrogen-bond acceptors (Lipinski definition) is 4. The molecule has 0 unspecified atom stereocenters. The Labute approximate surface area is 174 Å². The maximum atomic E-state index is 12.4. The molecule has 1 amide bonds. The van der Waals surface area contributed by atoms with Crippen LogP contribution in [0, 0.1) is 5.92 Å². The van der Waals surface area contributed by atoms with Crippen molar-refractivity contribution in [1.29, 1.82) is 0 Å². The van der Waals surface area contributed by atoms with E-state index in [0.717, 1.165) is 57.8 Å². The number of hydrogen-bond donors (Lipinski definition) is 0. The molecule has 1 aliphatic heterocycles. The molecular weight excluding hydrogens is 366 g/mol. The molecule has 0 aromatic heterocycles. The summed E-state index contributed by atoms with van der Waals surface area (Å²) in [6.07, 6.45) is 9.43. The van der Waals surface area contributed by atoms with Crippen LogP contribution in [0.25, 0.3) is 0 Å². The van der Waals surface area contributed by atoms with Gasteiger partial charge in [0.05, 0.1) is 12.0 Å². The van der Waals surface area contributed by atoms with Crippen molar-refractivity contribution in [3.8, 4) is 0 Å². The van der Waals surface area contributed by atoms with Gasteiger partial charge < -0.3 is 14.4 Å². The predicted octanol–water partition coefficient (Wildman–Crippen LogP) is 5.12. The largest absolute Gasteiger partial charge is 0.461 e. The third kappa shape index (κ3) is 6.22. The van der Waals surface area contributed by atoms with Crippen molar-refractivity contribution >= 4 is 12.1 Å². The smallest absolute Gasteiger partial charge is 0.410 e. The molecule has 1 aromatic carbocycles. The molecule has 2 aliphatic rings. The van der Waals surface area contributed by atoms with Crippen LogP contribution in [0.1, 0.15) is 70.3 Å². The molecule has 29 heavy (non-hydrogen) atoms. The molecule has 0 radical (unpaired) electrons. The summed E-state index contributed by atoms with van der Waals surface area (Å²) >= 11 is 0. The molecule has 1 aliphatic carbocycles. The Morgan fingerprint density at radius 3 is 2.62 bits per heavy atom. The van der Waals surface area contributed by atoms with Crippen LogP contribution in [-0.2, 0) is 20.7 Å². The van der Waals surface area contributed by atoms with Gasteiger partial charge in [0.25, 0.3) is 0 Å². The number of carbonyl (C=O) groups excluding carboxylic acids is 2. The Hall–Kier alpha value is -2.04. The zero-order valence-corrected chi connectivity index (χ0v) is 17.7. The zero-order chi connectivity index (χ0) is 20.5. The van der Waals surface area contributed by atoms with Crippen LogP contribution in [0.15, 0.2) is 30.3 Å². The number of nitrogens with zero attached hydrogens (tertiary/aromatic N) is 1. The monoisotopic (exact) mass is 401 g/mol. The van der Waals surface area contributed by atoms with Gasteiger partial charge in [-0.1, -0.05) is 62.9 Å². The fourth-order valence-corrected chi connectivity index (χ4v) is 4.46. The summed E-state index contributed by atoms with van der Waals surface area (Å²) in [6.45, 7) is 3.01. The molecule has 1 saturated carbocycles. The predicted molar refractivity (Wildman–Crippen MR) is 113 cm³/mol. The minimum absolute atomic E-state index is 0.0167. The van der Waals surface area contributed by atoms with Gasteiger partial charge in [-0.3, -0.25) is 4.79 Å². The SMILES string of the molecule is CCCCN1C(=O)O[C@H](COC(=O)C2CCCCC2)[C@H]1CCCc1ccccc1. The van der Waals surface area contributed by atoms with Crippen LogP contribution < -0.4 is 0 Å². The Balaban J connectivity index is 1.55. The number of esters is 1. The van der Waals surface area contributed by atoms with Crippen LogP contribution >= 0.6 is 0 Å². The van der Waals surface area contributed by atoms with E-state index in [2.05, 4.69) is 31.2 Å². The molecule has 0 spiro atoms. The summed E-state index contributed by atoms with van der Waals surface area (Å²) < 4.78 is 11.3. The van der Waals surface area contributed by atoms with Gasteiger partial charge in [-0.15, -0.1) is 0 Å². The fourth-order valence-electron chi connectivity index (χ4n) is 4.46. The summed E-state index contributed by atoms with van der Waals surface area (Å²) in [7, 11) is 0. The average Bonchev–Trinajstić information content (AvgIpc) is 3.06. The number of amides is 1. The molecule has 2 atom stereocenters. The molecule has 5 heteroatoms. The van der Waals surface area contributed by atoms with Gasteiger partial charge in [-0.25, -0.2) is 4.79 Å². The fraction of sp³-hybridized carbons (Fsp3) is 0.667. The number of rotatable bonds is 10. The number of benzene rings is 1. The lowest BCUT2D eigenvalue weighted by Crippen LogP contribution is -2.39. The van der Waals surface area contributed by atoms with Crippen LogP contribution in [0.2, 0.25) is 0 Å². The topological polar surface area (TPSA) is 55.8 Å². The van der Waals surface area contributed by atoms with E-state index < -0.39 is 0 Å². The summed E-state index contributed by atoms with van der Waals surface area (Å²) in [6, 6.07) is 10.4. The Morgan fingerprint density at radius 1 is 1.14 bits per heavy atom. The third-order valence-corrected chi connectivity index (χ3v) is 6.21. The lowest BCUT2D eigenvalue weighted by molar-refractivity contribution is -0.152. The Morgan fingerprint density at radius 2 is 1.90 bits per heavy atom. The second-order valence-electron chi connectivity index (χ2n) is 8.38. The summed E-state index contributed by atoms with van der Waals surface area (Å²) in [5, 5.41) is 0. The lowest BCUT2D eigenvalue weighted by atomic mass is 9.89. The van der Waals surface area contributed by atoms with Crippen LogP contribution in [-0.4, -0.2) is 42.3 Å². The Bertz CT molecular complexity index is 642. The van der Waals surface area contributed by atoms with E-state index in [9.17, 15) is 9.59 Å². The number of unbranched alkanes of at least 4 members (excludes halogenated alkanes) is 1. The number of cyclic esters (lactones) is 1. The molecule has 0 bridgehead atoms. The third-order valence-electron chi connectivity index (χ3n) is 6.21. The molecule has 160 valence electrons. The zero-order valence-electron chi connectivity index (χ0n) is 17.7. The number of carbonyl (C=O) groups is 2. The highest BCUT2D eigenvalue weighted by molar-refractivity contribution is 5.73. The quantitative estimate of drug-likeness (QED) is 0.511. The van der Waals surface area contributed by atoms with Gasteiger partial charge >= 0.3 is 12.1 Å². The second-order valence-corrected chi connectivity index (χ2v) is 8.38. The van der Waals surface area contributed by atoms with Crippen molar-refractivity contribution < 1.29 is 19.1 Å². The lowest BCUT2D eigenvalue weighted by Gasteiger charge is -2.25. The molecule has 5 nitrogen and oxygen atoms in total. The average molecular weight is 402 g/mol. The van der Waals surface area contributed by atoms with Gasteiger partial charge in [-0.2, -0.15) is 0 Å². The maximum Gasteiger partial charge on any atom is 0.410 e. The van der Waals surface area contributed by atoms with E-state index in [0.29, 0.717) is 6.54 Å². The van der Waals surface area contributed by atoms with Crippen LogP contribution in [0.5, 0.6) is 0 Å². The first-order chi connectivity index (χ1) is 14.2. The van der Waals surface area contributed by atoms with Crippen molar-refractivity contribution in [3.63, 3.8) is 0 Å². The highest BCUT2D eigenvalue weighted by Gasteiger charge is 2.41. The summed E-state index contributed by atoms with van der Waals surface area (Å²) in [4.78, 5) is 26.7. The number of ether oxygens (including phenoxy) is 2. The van der Waals surface area contributed by atoms with Crippen molar-refractivity contribution in [2.75, 3.05) is 13.2 Å². The number of aryl methyl sites for hydroxylation is 1. The van der Waals surface area contributed by atoms with E-state index in [1.165, 1.54) is 12.0 Å². The summed E-state index contributed by atoms with van der Waals surface area (Å²) in [5.41, 5.74) is 1.30. The van der Waals surface area contributed by atoms with Crippen LogP contribution in [0.3, 0.4) is 0 Å². The first-order valence-electron chi connectivity index (χ1n) is 11.4. The first-order valence-corrected chi connectivity index (χ1v) is 11.4. The van der Waals surface area contributed by atoms with Gasteiger partial charge in [0.15, 0.2) is 6.10 Å². The van der Waals surface area contributed by atoms with Gasteiger partial charge in [0.2, 0.25) is 0 Å². The first kappa shape index (κ1) is 21.7. The van der Waals surface area contributed by atoms with E-state index in [-0.39, 0.29) is 36.7 Å². The second kappa shape index (κ2) is 11.2. The van der Waals surface area contributed by atoms with Gasteiger partial charge in [0, 0.05) is 6.54 Å². The van der Waals surface area contributed by atoms with Crippen molar-refractivity contribution in [2.45, 2.75) is 83.3 Å². The standard InChI is InChI=1S/C24H35NO4/c1-2-3-17-25-21(16-10-13-19-11-6-4-7-12-19)22(29-24(25)27)18-28-23(26)20-14-8-5-9-15-20/h4,6-7,11-12,20-22H,2-3,5,8-10,13-18H2,1H3/t21-,22-/m1/s1.